The van der Waals surface area contributed by atoms with Gasteiger partial charge in [-0.2, -0.15) is 5.10 Å². The highest BCUT2D eigenvalue weighted by atomic mass is 16.5. The number of rotatable bonds is 3. The second-order valence-corrected chi connectivity index (χ2v) is 5.04. The van der Waals surface area contributed by atoms with Crippen LogP contribution in [0.5, 0.6) is 5.75 Å². The van der Waals surface area contributed by atoms with E-state index >= 15 is 0 Å². The van der Waals surface area contributed by atoms with Gasteiger partial charge in [-0.05, 0) is 30.3 Å². The lowest BCUT2D eigenvalue weighted by Crippen LogP contribution is -2.10. The summed E-state index contributed by atoms with van der Waals surface area (Å²) in [5.74, 6) is -0.717. The molecule has 1 aromatic heterocycles. The number of nitrogens with zero attached hydrogens (tertiary/aromatic N) is 1. The smallest absolute Gasteiger partial charge is 0.308 e. The summed E-state index contributed by atoms with van der Waals surface area (Å²) in [6.45, 7) is 1.30. The molecule has 0 aliphatic rings. The second kappa shape index (κ2) is 5.45. The summed E-state index contributed by atoms with van der Waals surface area (Å²) in [5.41, 5.74) is 13.9. The molecule has 0 radical (unpaired) electrons. The third-order valence-electron chi connectivity index (χ3n) is 3.39. The minimum Gasteiger partial charge on any atom is -0.424 e. The first-order chi connectivity index (χ1) is 11.0. The van der Waals surface area contributed by atoms with Crippen LogP contribution in [0.1, 0.15) is 17.3 Å². The van der Waals surface area contributed by atoms with E-state index < -0.39 is 11.9 Å². The molecular formula is C16H14N4O3. The van der Waals surface area contributed by atoms with E-state index in [-0.39, 0.29) is 5.75 Å². The first kappa shape index (κ1) is 14.6. The Morgan fingerprint density at radius 2 is 1.96 bits per heavy atom. The maximum Gasteiger partial charge on any atom is 0.308 e. The van der Waals surface area contributed by atoms with E-state index in [1.54, 1.807) is 36.4 Å². The predicted octanol–water partition coefficient (Wildman–Crippen LogP) is 1.84. The van der Waals surface area contributed by atoms with Gasteiger partial charge in [0.15, 0.2) is 5.75 Å². The van der Waals surface area contributed by atoms with Gasteiger partial charge in [-0.1, -0.05) is 6.07 Å². The van der Waals surface area contributed by atoms with Gasteiger partial charge in [-0.3, -0.25) is 14.7 Å². The molecule has 7 nitrogen and oxygen atoms in total. The normalized spacial score (nSPS) is 10.7. The number of aromatic amines is 1. The Morgan fingerprint density at radius 1 is 1.17 bits per heavy atom. The summed E-state index contributed by atoms with van der Waals surface area (Å²) in [4.78, 5) is 22.5. The molecule has 116 valence electrons. The Kier molecular flexibility index (Phi) is 3.46. The predicted molar refractivity (Wildman–Crippen MR) is 85.8 cm³/mol. The second-order valence-electron chi connectivity index (χ2n) is 5.04. The number of hydrogen-bond donors (Lipinski definition) is 3. The number of hydrogen-bond acceptors (Lipinski definition) is 5. The lowest BCUT2D eigenvalue weighted by atomic mass is 10.0. The molecular weight excluding hydrogens is 296 g/mol. The molecule has 0 unspecified atom stereocenters. The Labute approximate surface area is 131 Å². The van der Waals surface area contributed by atoms with Crippen LogP contribution in [0.15, 0.2) is 36.4 Å². The molecule has 3 aromatic rings. The summed E-state index contributed by atoms with van der Waals surface area (Å²) in [6.07, 6.45) is 0. The Bertz CT molecular complexity index is 930. The molecule has 0 spiro atoms. The molecule has 5 N–H and O–H groups in total. The number of H-pyrrole nitrogens is 1. The number of aromatic nitrogens is 2. The van der Waals surface area contributed by atoms with Crippen LogP contribution in [0.25, 0.3) is 22.2 Å². The number of nitrogens with one attached hydrogen (secondary N) is 1. The molecule has 3 rings (SSSR count). The zero-order valence-electron chi connectivity index (χ0n) is 12.3. The van der Waals surface area contributed by atoms with Gasteiger partial charge in [0.25, 0.3) is 0 Å². The molecule has 0 aliphatic carbocycles. The van der Waals surface area contributed by atoms with Crippen LogP contribution in [-0.2, 0) is 4.79 Å². The fourth-order valence-electron chi connectivity index (χ4n) is 2.31. The highest BCUT2D eigenvalue weighted by Crippen LogP contribution is 2.32. The molecule has 0 atom stereocenters. The number of amides is 1. The molecule has 2 aromatic carbocycles. The number of carbonyl (C=O) groups is 2. The van der Waals surface area contributed by atoms with Gasteiger partial charge < -0.3 is 16.2 Å². The van der Waals surface area contributed by atoms with Crippen molar-refractivity contribution in [1.82, 2.24) is 10.2 Å². The van der Waals surface area contributed by atoms with E-state index in [1.807, 2.05) is 0 Å². The maximum absolute atomic E-state index is 11.4. The van der Waals surface area contributed by atoms with Crippen molar-refractivity contribution in [2.24, 2.45) is 5.73 Å². The van der Waals surface area contributed by atoms with E-state index in [0.717, 1.165) is 10.9 Å². The first-order valence-electron chi connectivity index (χ1n) is 6.82. The number of anilines is 1. The van der Waals surface area contributed by atoms with Crippen molar-refractivity contribution < 1.29 is 14.3 Å². The number of esters is 1. The number of fused-ring (bicyclic) bond motifs is 1. The minimum atomic E-state index is -0.517. The van der Waals surface area contributed by atoms with Crippen LogP contribution in [0.2, 0.25) is 0 Å². The molecule has 0 fully saturated rings. The summed E-state index contributed by atoms with van der Waals surface area (Å²) in [6, 6.07) is 10.0. The highest BCUT2D eigenvalue weighted by molar-refractivity contribution is 6.01. The van der Waals surface area contributed by atoms with Gasteiger partial charge in [0.05, 0.1) is 11.2 Å². The van der Waals surface area contributed by atoms with Crippen molar-refractivity contribution in [1.29, 1.82) is 0 Å². The minimum absolute atomic E-state index is 0.261. The number of nitrogen functional groups attached to an aromatic ring is 1. The van der Waals surface area contributed by atoms with Crippen molar-refractivity contribution in [2.45, 2.75) is 6.92 Å². The number of primary amides is 1. The average molecular weight is 310 g/mol. The lowest BCUT2D eigenvalue weighted by molar-refractivity contribution is -0.131. The Hall–Kier alpha value is -3.35. The standard InChI is InChI=1S/C16H14N4O3/c1-8(21)23-14-7-9(2-4-12(14)17)15-11-6-10(16(18)22)3-5-13(11)19-20-15/h2-7H,17H2,1H3,(H2,18,22)(H,19,20). The molecule has 0 aliphatic heterocycles. The molecule has 1 heterocycles. The van der Waals surface area contributed by atoms with Crippen molar-refractivity contribution in [2.75, 3.05) is 5.73 Å². The van der Waals surface area contributed by atoms with Gasteiger partial charge in [-0.15, -0.1) is 0 Å². The topological polar surface area (TPSA) is 124 Å². The summed E-state index contributed by atoms with van der Waals surface area (Å²) in [5, 5.41) is 7.88. The molecule has 0 saturated carbocycles. The van der Waals surface area contributed by atoms with Crippen molar-refractivity contribution in [3.63, 3.8) is 0 Å². The van der Waals surface area contributed by atoms with E-state index in [1.165, 1.54) is 6.92 Å². The lowest BCUT2D eigenvalue weighted by Gasteiger charge is -2.07. The average Bonchev–Trinajstić information content (AvgIpc) is 2.92. The van der Waals surface area contributed by atoms with E-state index in [2.05, 4.69) is 10.2 Å². The van der Waals surface area contributed by atoms with Gasteiger partial charge in [0, 0.05) is 23.4 Å². The fourth-order valence-corrected chi connectivity index (χ4v) is 2.31. The zero-order chi connectivity index (χ0) is 16.6. The molecule has 0 bridgehead atoms. The van der Waals surface area contributed by atoms with Crippen LogP contribution < -0.4 is 16.2 Å². The highest BCUT2D eigenvalue weighted by Gasteiger charge is 2.13. The first-order valence-corrected chi connectivity index (χ1v) is 6.82. The summed E-state index contributed by atoms with van der Waals surface area (Å²) in [7, 11) is 0. The monoisotopic (exact) mass is 310 g/mol. The van der Waals surface area contributed by atoms with Crippen LogP contribution in [0.3, 0.4) is 0 Å². The summed E-state index contributed by atoms with van der Waals surface area (Å²) < 4.78 is 5.08. The summed E-state index contributed by atoms with van der Waals surface area (Å²) >= 11 is 0. The fraction of sp³-hybridized carbons (Fsp3) is 0.0625. The Morgan fingerprint density at radius 3 is 2.65 bits per heavy atom. The molecule has 7 heteroatoms. The SMILES string of the molecule is CC(=O)Oc1cc(-c2n[nH]c3ccc(C(N)=O)cc23)ccc1N. The van der Waals surface area contributed by atoms with Gasteiger partial charge in [0.2, 0.25) is 5.91 Å². The van der Waals surface area contributed by atoms with Crippen molar-refractivity contribution in [3.8, 4) is 17.0 Å². The van der Waals surface area contributed by atoms with Crippen molar-refractivity contribution in [3.05, 3.63) is 42.0 Å². The van der Waals surface area contributed by atoms with Gasteiger partial charge in [0.1, 0.15) is 5.69 Å². The third-order valence-corrected chi connectivity index (χ3v) is 3.39. The van der Waals surface area contributed by atoms with Crippen LogP contribution in [0.4, 0.5) is 5.69 Å². The van der Waals surface area contributed by atoms with E-state index in [4.69, 9.17) is 16.2 Å². The quantitative estimate of drug-likeness (QED) is 0.387. The van der Waals surface area contributed by atoms with Crippen LogP contribution in [0, 0.1) is 0 Å². The van der Waals surface area contributed by atoms with E-state index in [9.17, 15) is 9.59 Å². The number of benzene rings is 2. The third kappa shape index (κ3) is 2.71. The number of ether oxygens (including phenoxy) is 1. The number of nitrogens with two attached hydrogens (primary N) is 2. The molecule has 0 saturated heterocycles. The van der Waals surface area contributed by atoms with Gasteiger partial charge in [-0.25, -0.2) is 0 Å². The van der Waals surface area contributed by atoms with Crippen molar-refractivity contribution >= 4 is 28.5 Å². The van der Waals surface area contributed by atoms with E-state index in [0.29, 0.717) is 22.5 Å². The molecule has 23 heavy (non-hydrogen) atoms. The Balaban J connectivity index is 2.14. The van der Waals surface area contributed by atoms with Crippen LogP contribution in [-0.4, -0.2) is 22.1 Å². The largest absolute Gasteiger partial charge is 0.424 e. The van der Waals surface area contributed by atoms with Crippen LogP contribution >= 0.6 is 0 Å². The molecule has 1 amide bonds. The number of carbonyl (C=O) groups excluding carboxylic acids is 2. The zero-order valence-corrected chi connectivity index (χ0v) is 12.3. The maximum atomic E-state index is 11.4. The van der Waals surface area contributed by atoms with Gasteiger partial charge >= 0.3 is 5.97 Å².